The first-order valence-electron chi connectivity index (χ1n) is 4.67. The largest absolute Gasteiger partial charge is 0.399 e. The van der Waals surface area contributed by atoms with Crippen LogP contribution in [0.3, 0.4) is 0 Å². The molecule has 2 N–H and O–H groups in total. The average Bonchev–Trinajstić information content (AvgIpc) is 2.22. The first-order valence-corrected chi connectivity index (χ1v) is 6.60. The molecule has 0 aliphatic carbocycles. The van der Waals surface area contributed by atoms with Crippen molar-refractivity contribution in [1.29, 1.82) is 0 Å². The fourth-order valence-corrected chi connectivity index (χ4v) is 3.11. The van der Waals surface area contributed by atoms with Crippen LogP contribution < -0.4 is 5.73 Å². The molecule has 16 heavy (non-hydrogen) atoms. The van der Waals surface area contributed by atoms with Gasteiger partial charge >= 0.3 is 0 Å². The molecule has 4 nitrogen and oxygen atoms in total. The monoisotopic (exact) mass is 263 g/mol. The van der Waals surface area contributed by atoms with Crippen molar-refractivity contribution in [3.05, 3.63) is 23.2 Å². The number of benzene rings is 1. The van der Waals surface area contributed by atoms with E-state index in [-0.39, 0.29) is 16.5 Å². The Morgan fingerprint density at radius 1 is 1.50 bits per heavy atom. The Balaban J connectivity index is 3.21. The van der Waals surface area contributed by atoms with Gasteiger partial charge in [0.2, 0.25) is 0 Å². The normalized spacial score (nSPS) is 13.7. The third kappa shape index (κ3) is 2.66. The van der Waals surface area contributed by atoms with Gasteiger partial charge in [-0.3, -0.25) is 0 Å². The minimum atomic E-state index is -3.49. The van der Waals surface area contributed by atoms with Crippen LogP contribution in [0.1, 0.15) is 6.92 Å². The minimum absolute atomic E-state index is 0.0544. The summed E-state index contributed by atoms with van der Waals surface area (Å²) in [5.74, 6) is 0. The van der Waals surface area contributed by atoms with Crippen LogP contribution in [0.2, 0.25) is 5.02 Å². The molecule has 1 atom stereocenters. The van der Waals surface area contributed by atoms with E-state index in [2.05, 4.69) is 0 Å². The number of halogens is 1. The van der Waals surface area contributed by atoms with Crippen molar-refractivity contribution in [2.24, 2.45) is 0 Å². The molecule has 0 saturated carbocycles. The second-order valence-electron chi connectivity index (χ2n) is 3.50. The highest BCUT2D eigenvalue weighted by Gasteiger charge is 2.25. The zero-order valence-corrected chi connectivity index (χ0v) is 10.7. The van der Waals surface area contributed by atoms with Gasteiger partial charge in [0, 0.05) is 12.8 Å². The Labute approximate surface area is 100 Å². The summed E-state index contributed by atoms with van der Waals surface area (Å²) >= 11 is 5.85. The van der Waals surface area contributed by atoms with Crippen molar-refractivity contribution in [3.63, 3.8) is 0 Å². The molecule has 0 saturated heterocycles. The van der Waals surface area contributed by atoms with Crippen LogP contribution in [-0.2, 0) is 14.6 Å². The molecule has 0 bridgehead atoms. The number of ether oxygens (including phenoxy) is 1. The summed E-state index contributed by atoms with van der Waals surface area (Å²) in [6.07, 6.45) is 0. The Morgan fingerprint density at radius 3 is 2.69 bits per heavy atom. The lowest BCUT2D eigenvalue weighted by molar-refractivity contribution is 0.200. The van der Waals surface area contributed by atoms with Crippen LogP contribution >= 0.6 is 11.6 Å². The lowest BCUT2D eigenvalue weighted by Crippen LogP contribution is -2.23. The standard InChI is InChI=1S/C10H14ClNO3S/c1-7(6-15-2)16(13,14)10-5-8(12)3-4-9(10)11/h3-5,7H,6,12H2,1-2H3. The maximum absolute atomic E-state index is 12.1. The van der Waals surface area contributed by atoms with Crippen LogP contribution in [0.15, 0.2) is 23.1 Å². The number of anilines is 1. The zero-order chi connectivity index (χ0) is 12.3. The van der Waals surface area contributed by atoms with Gasteiger partial charge in [0.05, 0.1) is 21.8 Å². The van der Waals surface area contributed by atoms with Crippen LogP contribution in [0.25, 0.3) is 0 Å². The van der Waals surface area contributed by atoms with E-state index in [9.17, 15) is 8.42 Å². The molecular weight excluding hydrogens is 250 g/mol. The molecule has 1 rings (SSSR count). The first kappa shape index (κ1) is 13.3. The van der Waals surface area contributed by atoms with Crippen molar-refractivity contribution in [2.45, 2.75) is 17.1 Å². The van der Waals surface area contributed by atoms with Gasteiger partial charge in [-0.15, -0.1) is 0 Å². The summed E-state index contributed by atoms with van der Waals surface area (Å²) in [6, 6.07) is 4.40. The average molecular weight is 264 g/mol. The molecule has 0 aliphatic rings. The lowest BCUT2D eigenvalue weighted by atomic mass is 10.3. The molecule has 1 aromatic carbocycles. The minimum Gasteiger partial charge on any atom is -0.399 e. The third-order valence-electron chi connectivity index (χ3n) is 2.19. The SMILES string of the molecule is COCC(C)S(=O)(=O)c1cc(N)ccc1Cl. The Kier molecular flexibility index (Phi) is 4.18. The number of hydrogen-bond donors (Lipinski definition) is 1. The van der Waals surface area contributed by atoms with E-state index < -0.39 is 15.1 Å². The molecule has 0 fully saturated rings. The van der Waals surface area contributed by atoms with Crippen LogP contribution in [-0.4, -0.2) is 27.4 Å². The van der Waals surface area contributed by atoms with Crippen molar-refractivity contribution in [2.75, 3.05) is 19.5 Å². The van der Waals surface area contributed by atoms with Crippen LogP contribution in [0, 0.1) is 0 Å². The Hall–Kier alpha value is -0.780. The number of hydrogen-bond acceptors (Lipinski definition) is 4. The topological polar surface area (TPSA) is 69.4 Å². The molecular formula is C10H14ClNO3S. The predicted octanol–water partition coefficient (Wildman–Crippen LogP) is 1.73. The second kappa shape index (κ2) is 5.03. The number of rotatable bonds is 4. The van der Waals surface area contributed by atoms with Crippen molar-refractivity contribution < 1.29 is 13.2 Å². The summed E-state index contributed by atoms with van der Waals surface area (Å²) in [5.41, 5.74) is 5.91. The van der Waals surface area contributed by atoms with E-state index in [4.69, 9.17) is 22.1 Å². The maximum atomic E-state index is 12.1. The molecule has 1 unspecified atom stereocenters. The van der Waals surface area contributed by atoms with Gasteiger partial charge in [0.1, 0.15) is 0 Å². The molecule has 90 valence electrons. The van der Waals surface area contributed by atoms with E-state index in [1.807, 2.05) is 0 Å². The summed E-state index contributed by atoms with van der Waals surface area (Å²) in [7, 11) is -2.04. The predicted molar refractivity (Wildman–Crippen MR) is 64.4 cm³/mol. The molecule has 0 spiro atoms. The van der Waals surface area contributed by atoms with Crippen LogP contribution in [0.5, 0.6) is 0 Å². The van der Waals surface area contributed by atoms with E-state index in [1.165, 1.54) is 19.2 Å². The second-order valence-corrected chi connectivity index (χ2v) is 6.24. The number of nitrogens with two attached hydrogens (primary N) is 1. The highest BCUT2D eigenvalue weighted by Crippen LogP contribution is 2.27. The zero-order valence-electron chi connectivity index (χ0n) is 9.10. The van der Waals surface area contributed by atoms with Gasteiger partial charge < -0.3 is 10.5 Å². The van der Waals surface area contributed by atoms with Crippen molar-refractivity contribution >= 4 is 27.1 Å². The van der Waals surface area contributed by atoms with E-state index in [0.29, 0.717) is 5.69 Å². The molecule has 6 heteroatoms. The van der Waals surface area contributed by atoms with Gasteiger partial charge in [-0.25, -0.2) is 8.42 Å². The smallest absolute Gasteiger partial charge is 0.184 e. The van der Waals surface area contributed by atoms with Gasteiger partial charge in [0.25, 0.3) is 0 Å². The molecule has 0 aliphatic heterocycles. The molecule has 1 aromatic rings. The van der Waals surface area contributed by atoms with Gasteiger partial charge in [0.15, 0.2) is 9.84 Å². The summed E-state index contributed by atoms with van der Waals surface area (Å²) in [4.78, 5) is 0.0544. The number of sulfone groups is 1. The number of nitrogen functional groups attached to an aromatic ring is 1. The van der Waals surface area contributed by atoms with Crippen LogP contribution in [0.4, 0.5) is 5.69 Å². The van der Waals surface area contributed by atoms with Gasteiger partial charge in [-0.05, 0) is 25.1 Å². The summed E-state index contributed by atoms with van der Waals surface area (Å²) in [5, 5.41) is -0.478. The summed E-state index contributed by atoms with van der Waals surface area (Å²) in [6.45, 7) is 1.69. The van der Waals surface area contributed by atoms with E-state index >= 15 is 0 Å². The summed E-state index contributed by atoms with van der Waals surface area (Å²) < 4.78 is 29.0. The van der Waals surface area contributed by atoms with E-state index in [0.717, 1.165) is 0 Å². The van der Waals surface area contributed by atoms with Gasteiger partial charge in [-0.2, -0.15) is 0 Å². The first-order chi connectivity index (χ1) is 7.39. The maximum Gasteiger partial charge on any atom is 0.184 e. The van der Waals surface area contributed by atoms with E-state index in [1.54, 1.807) is 13.0 Å². The highest BCUT2D eigenvalue weighted by atomic mass is 35.5. The fraction of sp³-hybridized carbons (Fsp3) is 0.400. The molecule has 0 radical (unpaired) electrons. The molecule has 0 heterocycles. The third-order valence-corrected chi connectivity index (χ3v) is 4.78. The molecule has 0 amide bonds. The highest BCUT2D eigenvalue weighted by molar-refractivity contribution is 7.92. The van der Waals surface area contributed by atoms with Crippen molar-refractivity contribution in [3.8, 4) is 0 Å². The number of methoxy groups -OCH3 is 1. The Bertz CT molecular complexity index is 473. The molecule has 0 aromatic heterocycles. The quantitative estimate of drug-likeness (QED) is 0.840. The lowest BCUT2D eigenvalue weighted by Gasteiger charge is -2.13. The Morgan fingerprint density at radius 2 is 2.12 bits per heavy atom. The van der Waals surface area contributed by atoms with Crippen molar-refractivity contribution in [1.82, 2.24) is 0 Å². The fourth-order valence-electron chi connectivity index (χ4n) is 1.28. The van der Waals surface area contributed by atoms with Gasteiger partial charge in [-0.1, -0.05) is 11.6 Å².